The third-order valence-electron chi connectivity index (χ3n) is 4.92. The van der Waals surface area contributed by atoms with E-state index < -0.39 is 5.63 Å². The Morgan fingerprint density at radius 3 is 2.81 bits per heavy atom. The number of pyridine rings is 3. The van der Waals surface area contributed by atoms with Crippen molar-refractivity contribution in [3.05, 3.63) is 76.0 Å². The van der Waals surface area contributed by atoms with Crippen LogP contribution in [-0.4, -0.2) is 14.4 Å². The lowest BCUT2D eigenvalue weighted by molar-refractivity contribution is 0.517. The number of hydrogen-bond acceptors (Lipinski definition) is 5. The van der Waals surface area contributed by atoms with Gasteiger partial charge in [-0.3, -0.25) is 14.2 Å². The van der Waals surface area contributed by atoms with Gasteiger partial charge in [0, 0.05) is 46.2 Å². The zero-order valence-electron chi connectivity index (χ0n) is 13.3. The Balaban J connectivity index is 1.95. The lowest BCUT2D eigenvalue weighted by atomic mass is 10.0. The van der Waals surface area contributed by atoms with Crippen LogP contribution in [0.3, 0.4) is 0 Å². The molecule has 6 heteroatoms. The minimum Gasteiger partial charge on any atom is -0.430 e. The maximum absolute atomic E-state index is 12.9. The monoisotopic (exact) mass is 339 g/mol. The van der Waals surface area contributed by atoms with Crippen LogP contribution >= 0.6 is 0 Å². The molecule has 0 radical (unpaired) electrons. The molecule has 0 aliphatic rings. The fourth-order valence-electron chi connectivity index (χ4n) is 3.76. The van der Waals surface area contributed by atoms with Crippen molar-refractivity contribution >= 4 is 48.9 Å². The van der Waals surface area contributed by atoms with Crippen molar-refractivity contribution in [1.29, 1.82) is 0 Å². The zero-order valence-corrected chi connectivity index (χ0v) is 13.3. The summed E-state index contributed by atoms with van der Waals surface area (Å²) in [4.78, 5) is 33.5. The van der Waals surface area contributed by atoms with E-state index in [2.05, 4.69) is 4.98 Å². The second-order valence-corrected chi connectivity index (χ2v) is 6.34. The minimum atomic E-state index is -0.488. The molecule has 0 aliphatic carbocycles. The van der Waals surface area contributed by atoms with Crippen molar-refractivity contribution in [3.63, 3.8) is 0 Å². The van der Waals surface area contributed by atoms with Crippen LogP contribution in [-0.2, 0) is 0 Å². The summed E-state index contributed by atoms with van der Waals surface area (Å²) in [6.45, 7) is 0. The molecule has 0 bridgehead atoms. The van der Waals surface area contributed by atoms with Crippen LogP contribution in [0.2, 0.25) is 0 Å². The van der Waals surface area contributed by atoms with Gasteiger partial charge in [-0.25, -0.2) is 9.78 Å². The second kappa shape index (κ2) is 4.43. The van der Waals surface area contributed by atoms with Crippen LogP contribution < -0.4 is 11.2 Å². The number of fused-ring (bicyclic) bond motifs is 5. The first-order valence-corrected chi connectivity index (χ1v) is 8.07. The van der Waals surface area contributed by atoms with Crippen molar-refractivity contribution < 1.29 is 4.42 Å². The summed E-state index contributed by atoms with van der Waals surface area (Å²) in [5.74, 6) is 0. The fraction of sp³-hybridized carbons (Fsp3) is 0. The van der Waals surface area contributed by atoms with Gasteiger partial charge in [0.25, 0.3) is 5.56 Å². The Kier molecular flexibility index (Phi) is 2.30. The predicted octanol–water partition coefficient (Wildman–Crippen LogP) is 3.09. The average Bonchev–Trinajstić information content (AvgIpc) is 3.01. The summed E-state index contributed by atoms with van der Waals surface area (Å²) in [6.07, 6.45) is 6.61. The molecule has 6 nitrogen and oxygen atoms in total. The third kappa shape index (κ3) is 1.56. The molecule has 26 heavy (non-hydrogen) atoms. The first-order valence-electron chi connectivity index (χ1n) is 8.07. The highest BCUT2D eigenvalue weighted by molar-refractivity contribution is 6.21. The molecule has 0 amide bonds. The number of rotatable bonds is 0. The Hall–Kier alpha value is -3.80. The molecule has 0 aliphatic heterocycles. The molecule has 122 valence electrons. The quantitative estimate of drug-likeness (QED) is 0.425. The molecule has 6 aromatic rings. The Morgan fingerprint density at radius 1 is 0.962 bits per heavy atom. The van der Waals surface area contributed by atoms with E-state index in [1.54, 1.807) is 22.9 Å². The van der Waals surface area contributed by atoms with Gasteiger partial charge in [0.2, 0.25) is 0 Å². The van der Waals surface area contributed by atoms with Gasteiger partial charge in [-0.2, -0.15) is 0 Å². The van der Waals surface area contributed by atoms with Crippen LogP contribution in [0, 0.1) is 0 Å². The van der Waals surface area contributed by atoms with Crippen LogP contribution in [0.1, 0.15) is 0 Å². The van der Waals surface area contributed by atoms with Gasteiger partial charge in [0.05, 0.1) is 21.9 Å². The van der Waals surface area contributed by atoms with E-state index in [4.69, 9.17) is 9.40 Å². The second-order valence-electron chi connectivity index (χ2n) is 6.34. The minimum absolute atomic E-state index is 0.241. The normalized spacial score (nSPS) is 12.2. The summed E-state index contributed by atoms with van der Waals surface area (Å²) in [7, 11) is 0. The van der Waals surface area contributed by atoms with Gasteiger partial charge in [0.1, 0.15) is 6.26 Å². The Bertz CT molecular complexity index is 1620. The van der Waals surface area contributed by atoms with Crippen LogP contribution in [0.4, 0.5) is 0 Å². The smallest absolute Gasteiger partial charge is 0.336 e. The number of benzene rings is 1. The van der Waals surface area contributed by atoms with E-state index in [0.29, 0.717) is 21.8 Å². The molecule has 0 N–H and O–H groups in total. The van der Waals surface area contributed by atoms with Gasteiger partial charge >= 0.3 is 5.63 Å². The molecule has 6 rings (SSSR count). The van der Waals surface area contributed by atoms with Gasteiger partial charge in [-0.15, -0.1) is 0 Å². The lowest BCUT2D eigenvalue weighted by Gasteiger charge is -2.05. The number of hydrogen-bond donors (Lipinski definition) is 0. The van der Waals surface area contributed by atoms with Crippen molar-refractivity contribution in [3.8, 4) is 0 Å². The summed E-state index contributed by atoms with van der Waals surface area (Å²) in [5.41, 5.74) is 1.49. The highest BCUT2D eigenvalue weighted by Crippen LogP contribution is 2.33. The molecule has 5 heterocycles. The maximum Gasteiger partial charge on any atom is 0.336 e. The lowest BCUT2D eigenvalue weighted by Crippen LogP contribution is -2.12. The SMILES string of the molecule is O=c1cc2cc3c4nc5cccc6cncc(c4cn3c(=O)c2co1)c65. The molecule has 0 unspecified atom stereocenters. The van der Waals surface area contributed by atoms with E-state index >= 15 is 0 Å². The number of aromatic nitrogens is 3. The van der Waals surface area contributed by atoms with Crippen molar-refractivity contribution in [2.45, 2.75) is 0 Å². The van der Waals surface area contributed by atoms with E-state index in [-0.39, 0.29) is 5.56 Å². The van der Waals surface area contributed by atoms with Crippen LogP contribution in [0.15, 0.2) is 69.2 Å². The molecule has 0 saturated carbocycles. The van der Waals surface area contributed by atoms with Crippen molar-refractivity contribution in [2.75, 3.05) is 0 Å². The molecule has 0 saturated heterocycles. The highest BCUT2D eigenvalue weighted by Gasteiger charge is 2.15. The van der Waals surface area contributed by atoms with Crippen LogP contribution in [0.5, 0.6) is 0 Å². The van der Waals surface area contributed by atoms with Gasteiger partial charge < -0.3 is 4.42 Å². The first kappa shape index (κ1) is 13.5. The molecule has 1 aromatic carbocycles. The summed E-state index contributed by atoms with van der Waals surface area (Å²) in [6, 6.07) is 9.02. The van der Waals surface area contributed by atoms with Gasteiger partial charge in [-0.1, -0.05) is 12.1 Å². The maximum atomic E-state index is 12.9. The van der Waals surface area contributed by atoms with E-state index in [1.807, 2.05) is 24.4 Å². The first-order chi connectivity index (χ1) is 12.7. The van der Waals surface area contributed by atoms with E-state index in [0.717, 1.165) is 27.1 Å². The molecule has 0 atom stereocenters. The van der Waals surface area contributed by atoms with Gasteiger partial charge in [0.15, 0.2) is 0 Å². The Labute approximate surface area is 144 Å². The molecule has 5 aromatic heterocycles. The largest absolute Gasteiger partial charge is 0.430 e. The van der Waals surface area contributed by atoms with Gasteiger partial charge in [-0.05, 0) is 17.5 Å². The van der Waals surface area contributed by atoms with Crippen LogP contribution in [0.25, 0.3) is 48.9 Å². The summed E-state index contributed by atoms with van der Waals surface area (Å²) >= 11 is 0. The third-order valence-corrected chi connectivity index (χ3v) is 4.92. The predicted molar refractivity (Wildman–Crippen MR) is 99.0 cm³/mol. The average molecular weight is 339 g/mol. The zero-order chi connectivity index (χ0) is 17.4. The summed E-state index contributed by atoms with van der Waals surface area (Å²) < 4.78 is 6.42. The van der Waals surface area contributed by atoms with Crippen molar-refractivity contribution in [2.24, 2.45) is 0 Å². The standard InChI is InChI=1S/C20H9N3O3/c24-17-5-11-4-16-19-13(8-23(16)20(25)14(11)9-26-17)12-7-21-6-10-2-1-3-15(22-19)18(10)12/h1-9H. The molecule has 0 fully saturated rings. The van der Waals surface area contributed by atoms with E-state index in [1.165, 1.54) is 12.3 Å². The highest BCUT2D eigenvalue weighted by atomic mass is 16.4. The molecular formula is C20H9N3O3. The van der Waals surface area contributed by atoms with E-state index in [9.17, 15) is 9.59 Å². The molecule has 0 spiro atoms. The molecular weight excluding hydrogens is 330 g/mol. The van der Waals surface area contributed by atoms with Crippen molar-refractivity contribution in [1.82, 2.24) is 14.4 Å². The topological polar surface area (TPSA) is 77.5 Å². The fourth-order valence-corrected chi connectivity index (χ4v) is 3.76. The Morgan fingerprint density at radius 2 is 1.88 bits per heavy atom. The number of nitrogens with zero attached hydrogens (tertiary/aromatic N) is 3. The summed E-state index contributed by atoms with van der Waals surface area (Å²) in [5, 5.41) is 4.74.